The number of nitrogens with one attached hydrogen (secondary N) is 2. The van der Waals surface area contributed by atoms with Crippen molar-refractivity contribution in [2.75, 3.05) is 29.9 Å². The van der Waals surface area contributed by atoms with Gasteiger partial charge in [0.15, 0.2) is 0 Å². The molecule has 1 aromatic carbocycles. The topological polar surface area (TPSA) is 44.4 Å². The molecule has 0 spiro atoms. The molecule has 3 rings (SSSR count). The van der Waals surface area contributed by atoms with Gasteiger partial charge in [-0.1, -0.05) is 6.42 Å². The van der Waals surface area contributed by atoms with Gasteiger partial charge in [0.25, 0.3) is 0 Å². The van der Waals surface area contributed by atoms with Crippen LogP contribution in [0.5, 0.6) is 0 Å². The molecule has 2 aliphatic carbocycles. The predicted molar refractivity (Wildman–Crippen MR) is 105 cm³/mol. The third-order valence-electron chi connectivity index (χ3n) is 6.30. The van der Waals surface area contributed by atoms with Gasteiger partial charge in [-0.05, 0) is 82.1 Å². The Hall–Kier alpha value is -1.55. The Labute approximate surface area is 152 Å². The maximum atomic E-state index is 12.2. The highest BCUT2D eigenvalue weighted by atomic mass is 16.1. The zero-order valence-corrected chi connectivity index (χ0v) is 15.9. The summed E-state index contributed by atoms with van der Waals surface area (Å²) in [6.45, 7) is 8.94. The maximum absolute atomic E-state index is 12.2. The Balaban J connectivity index is 1.44. The molecule has 2 N–H and O–H groups in total. The van der Waals surface area contributed by atoms with Crippen LogP contribution in [0.1, 0.15) is 46.5 Å². The van der Waals surface area contributed by atoms with Crippen LogP contribution in [0, 0.1) is 17.8 Å². The van der Waals surface area contributed by atoms with E-state index in [-0.39, 0.29) is 5.91 Å². The third kappa shape index (κ3) is 4.35. The average Bonchev–Trinajstić information content (AvgIpc) is 3.25. The lowest BCUT2D eigenvalue weighted by Gasteiger charge is -2.28. The van der Waals surface area contributed by atoms with E-state index in [0.717, 1.165) is 36.5 Å². The molecule has 4 nitrogen and oxygen atoms in total. The summed E-state index contributed by atoms with van der Waals surface area (Å²) >= 11 is 0. The van der Waals surface area contributed by atoms with Crippen LogP contribution < -0.4 is 15.5 Å². The number of hydrogen-bond acceptors (Lipinski definition) is 3. The van der Waals surface area contributed by atoms with E-state index in [1.807, 2.05) is 12.1 Å². The molecule has 4 heteroatoms. The number of fused-ring (bicyclic) bond motifs is 2. The first-order chi connectivity index (χ1) is 12.1. The fourth-order valence-electron chi connectivity index (χ4n) is 4.86. The molecule has 0 saturated heterocycles. The fraction of sp³-hybridized carbons (Fsp3) is 0.667. The molecule has 0 heterocycles. The van der Waals surface area contributed by atoms with Gasteiger partial charge in [-0.15, -0.1) is 0 Å². The minimum Gasteiger partial charge on any atom is -0.372 e. The van der Waals surface area contributed by atoms with Crippen LogP contribution in [0.3, 0.4) is 0 Å². The first-order valence-corrected chi connectivity index (χ1v) is 9.99. The van der Waals surface area contributed by atoms with Crippen molar-refractivity contribution in [3.63, 3.8) is 0 Å². The summed E-state index contributed by atoms with van der Waals surface area (Å²) in [6, 6.07) is 8.57. The van der Waals surface area contributed by atoms with Crippen molar-refractivity contribution in [3.8, 4) is 0 Å². The van der Waals surface area contributed by atoms with Crippen LogP contribution in [0.25, 0.3) is 0 Å². The molecule has 2 saturated carbocycles. The van der Waals surface area contributed by atoms with Gasteiger partial charge in [-0.3, -0.25) is 4.79 Å². The number of carbonyl (C=O) groups excluding carboxylic acids is 1. The monoisotopic (exact) mass is 343 g/mol. The molecule has 0 aromatic heterocycles. The Morgan fingerprint density at radius 3 is 2.44 bits per heavy atom. The summed E-state index contributed by atoms with van der Waals surface area (Å²) < 4.78 is 0. The van der Waals surface area contributed by atoms with Crippen molar-refractivity contribution in [2.45, 2.75) is 52.5 Å². The summed E-state index contributed by atoms with van der Waals surface area (Å²) in [5, 5.41) is 6.46. The highest BCUT2D eigenvalue weighted by Gasteiger charge is 2.41. The molecule has 1 aromatic rings. The summed E-state index contributed by atoms with van der Waals surface area (Å²) in [5.74, 6) is 2.66. The molecule has 0 unspecified atom stereocenters. The Bertz CT molecular complexity index is 567. The fourth-order valence-corrected chi connectivity index (χ4v) is 4.86. The molecular weight excluding hydrogens is 310 g/mol. The second-order valence-electron chi connectivity index (χ2n) is 7.78. The van der Waals surface area contributed by atoms with Gasteiger partial charge in [0, 0.05) is 30.5 Å². The van der Waals surface area contributed by atoms with Crippen molar-refractivity contribution < 1.29 is 4.79 Å². The summed E-state index contributed by atoms with van der Waals surface area (Å²) in [7, 11) is 0. The number of rotatable bonds is 8. The van der Waals surface area contributed by atoms with E-state index in [1.54, 1.807) is 0 Å². The minimum absolute atomic E-state index is 0.0468. The SMILES string of the molecule is CCN(CC)c1ccc(NC(=O)CN[C@@H](C)[C@H]2C[C@@H]3CC[C@H]2C3)cc1. The average molecular weight is 344 g/mol. The van der Waals surface area contributed by atoms with E-state index in [1.165, 1.54) is 31.4 Å². The van der Waals surface area contributed by atoms with Crippen LogP contribution in [0.4, 0.5) is 11.4 Å². The summed E-state index contributed by atoms with van der Waals surface area (Å²) in [5.41, 5.74) is 2.07. The molecule has 138 valence electrons. The van der Waals surface area contributed by atoms with E-state index in [4.69, 9.17) is 0 Å². The molecule has 0 aliphatic heterocycles. The standard InChI is InChI=1S/C21H33N3O/c1-4-24(5-2)19-10-8-18(9-11-19)23-21(25)14-22-15(3)20-13-16-6-7-17(20)12-16/h8-11,15-17,20,22H,4-7,12-14H2,1-3H3,(H,23,25)/t15-,16+,17-,20+/m0/s1. The van der Waals surface area contributed by atoms with Crippen LogP contribution in [-0.2, 0) is 4.79 Å². The quantitative estimate of drug-likeness (QED) is 0.753. The number of carbonyl (C=O) groups is 1. The first-order valence-electron chi connectivity index (χ1n) is 9.99. The predicted octanol–water partition coefficient (Wildman–Crippen LogP) is 3.89. The molecule has 1 amide bonds. The van der Waals surface area contributed by atoms with Crippen LogP contribution in [0.2, 0.25) is 0 Å². The molecule has 0 radical (unpaired) electrons. The van der Waals surface area contributed by atoms with Gasteiger partial charge < -0.3 is 15.5 Å². The molecule has 25 heavy (non-hydrogen) atoms. The van der Waals surface area contributed by atoms with Gasteiger partial charge >= 0.3 is 0 Å². The number of amides is 1. The smallest absolute Gasteiger partial charge is 0.238 e. The number of hydrogen-bond donors (Lipinski definition) is 2. The Morgan fingerprint density at radius 1 is 1.16 bits per heavy atom. The largest absolute Gasteiger partial charge is 0.372 e. The van der Waals surface area contributed by atoms with Gasteiger partial charge in [0.05, 0.1) is 6.54 Å². The second-order valence-corrected chi connectivity index (χ2v) is 7.78. The van der Waals surface area contributed by atoms with Crippen molar-refractivity contribution in [2.24, 2.45) is 17.8 Å². The van der Waals surface area contributed by atoms with Crippen LogP contribution in [-0.4, -0.2) is 31.6 Å². The van der Waals surface area contributed by atoms with E-state index in [2.05, 4.69) is 48.4 Å². The zero-order valence-electron chi connectivity index (χ0n) is 15.9. The van der Waals surface area contributed by atoms with Crippen molar-refractivity contribution in [1.29, 1.82) is 0 Å². The second kappa shape index (κ2) is 8.22. The molecule has 2 bridgehead atoms. The number of benzene rings is 1. The van der Waals surface area contributed by atoms with Crippen molar-refractivity contribution in [3.05, 3.63) is 24.3 Å². The zero-order chi connectivity index (χ0) is 17.8. The van der Waals surface area contributed by atoms with E-state index < -0.39 is 0 Å². The highest BCUT2D eigenvalue weighted by Crippen LogP contribution is 2.49. The normalized spacial score (nSPS) is 25.8. The summed E-state index contributed by atoms with van der Waals surface area (Å²) in [6.07, 6.45) is 5.60. The lowest BCUT2D eigenvalue weighted by molar-refractivity contribution is -0.115. The molecule has 2 aliphatic rings. The van der Waals surface area contributed by atoms with Gasteiger partial charge in [0.2, 0.25) is 5.91 Å². The maximum Gasteiger partial charge on any atom is 0.238 e. The molecular formula is C21H33N3O. The lowest BCUT2D eigenvalue weighted by atomic mass is 9.84. The van der Waals surface area contributed by atoms with Crippen molar-refractivity contribution >= 4 is 17.3 Å². The minimum atomic E-state index is 0.0468. The Kier molecular flexibility index (Phi) is 6.00. The third-order valence-corrected chi connectivity index (χ3v) is 6.30. The van der Waals surface area contributed by atoms with E-state index in [9.17, 15) is 4.79 Å². The number of anilines is 2. The van der Waals surface area contributed by atoms with E-state index >= 15 is 0 Å². The first kappa shape index (κ1) is 18.2. The van der Waals surface area contributed by atoms with E-state index in [0.29, 0.717) is 12.6 Å². The molecule has 4 atom stereocenters. The van der Waals surface area contributed by atoms with Gasteiger partial charge in [-0.25, -0.2) is 0 Å². The lowest BCUT2D eigenvalue weighted by Crippen LogP contribution is -2.40. The highest BCUT2D eigenvalue weighted by molar-refractivity contribution is 5.92. The van der Waals surface area contributed by atoms with Crippen LogP contribution >= 0.6 is 0 Å². The van der Waals surface area contributed by atoms with Gasteiger partial charge in [0.1, 0.15) is 0 Å². The van der Waals surface area contributed by atoms with Crippen LogP contribution in [0.15, 0.2) is 24.3 Å². The molecule has 2 fully saturated rings. The van der Waals surface area contributed by atoms with Crippen molar-refractivity contribution in [1.82, 2.24) is 5.32 Å². The van der Waals surface area contributed by atoms with Gasteiger partial charge in [-0.2, -0.15) is 0 Å². The summed E-state index contributed by atoms with van der Waals surface area (Å²) in [4.78, 5) is 14.5. The number of nitrogens with zero attached hydrogens (tertiary/aromatic N) is 1. The Morgan fingerprint density at radius 2 is 1.88 bits per heavy atom.